The van der Waals surface area contributed by atoms with E-state index in [-0.39, 0.29) is 5.75 Å². The lowest BCUT2D eigenvalue weighted by molar-refractivity contribution is -0.149. The van der Waals surface area contributed by atoms with Gasteiger partial charge in [0.05, 0.1) is 12.7 Å². The Bertz CT molecular complexity index is 1320. The lowest BCUT2D eigenvalue weighted by Gasteiger charge is -2.25. The summed E-state index contributed by atoms with van der Waals surface area (Å²) in [4.78, 5) is 37.9. The highest BCUT2D eigenvalue weighted by Gasteiger charge is 2.55. The Morgan fingerprint density at radius 1 is 1.33 bits per heavy atom. The van der Waals surface area contributed by atoms with Crippen molar-refractivity contribution >= 4 is 13.7 Å². The second-order valence-electron chi connectivity index (χ2n) is 8.29. The van der Waals surface area contributed by atoms with Gasteiger partial charge in [-0.2, -0.15) is 5.09 Å². The van der Waals surface area contributed by atoms with E-state index in [9.17, 15) is 24.1 Å². The molecule has 3 N–H and O–H groups in total. The van der Waals surface area contributed by atoms with Gasteiger partial charge in [0.2, 0.25) is 0 Å². The molecule has 1 saturated heterocycles. The largest absolute Gasteiger partial charge is 0.462 e. The van der Waals surface area contributed by atoms with Crippen LogP contribution in [0.15, 0.2) is 52.2 Å². The molecule has 6 atom stereocenters. The third kappa shape index (κ3) is 6.48. The van der Waals surface area contributed by atoms with Gasteiger partial charge in [0.15, 0.2) is 11.9 Å². The second-order valence-corrected chi connectivity index (χ2v) is 9.99. The number of hydrogen-bond donors (Lipinski definition) is 3. The highest BCUT2D eigenvalue weighted by Crippen LogP contribution is 2.47. The minimum atomic E-state index is -4.48. The van der Waals surface area contributed by atoms with Gasteiger partial charge < -0.3 is 19.1 Å². The van der Waals surface area contributed by atoms with Gasteiger partial charge in [-0.25, -0.2) is 13.8 Å². The fraction of sp³-hybridized carbons (Fsp3) is 0.500. The highest BCUT2D eigenvalue weighted by molar-refractivity contribution is 7.52. The van der Waals surface area contributed by atoms with E-state index in [1.54, 1.807) is 32.0 Å². The molecule has 1 aromatic carbocycles. The first-order valence-corrected chi connectivity index (χ1v) is 12.4. The first-order chi connectivity index (χ1) is 18.1. The Morgan fingerprint density at radius 2 is 2.03 bits per heavy atom. The molecule has 1 aliphatic heterocycles. The molecule has 1 aliphatic rings. The van der Waals surface area contributed by atoms with Crippen LogP contribution in [0.1, 0.15) is 38.0 Å². The molecule has 1 fully saturated rings. The molecule has 12 nitrogen and oxygen atoms in total. The minimum absolute atomic E-state index is 0.0608. The number of halogens is 1. The summed E-state index contributed by atoms with van der Waals surface area (Å²) < 4.78 is 74.6. The molecule has 2 heterocycles. The topological polar surface area (TPSA) is 158 Å². The third-order valence-electron chi connectivity index (χ3n) is 4.98. The lowest BCUT2D eigenvalue weighted by Crippen LogP contribution is -2.43. The van der Waals surface area contributed by atoms with Crippen LogP contribution in [-0.2, 0) is 23.4 Å². The Hall–Kier alpha value is -2.83. The smallest absolute Gasteiger partial charge is 0.459 e. The molecule has 0 spiro atoms. The molecule has 36 heavy (non-hydrogen) atoms. The van der Waals surface area contributed by atoms with Crippen LogP contribution in [0.25, 0.3) is 0 Å². The Morgan fingerprint density at radius 3 is 2.64 bits per heavy atom. The number of nitrogens with one attached hydrogen (secondary N) is 2. The standard InChI is InChI=1S/C22H29FN3O9P/c1-13(2)33-19(29)14(3)25-36(31,35-15-8-6-5-7-9-15)32-12-16-18(28)22(4,23)20(34-16)26-11-10-17(27)24-21(26)30/h5-11,13-14,16,18,20,28H,12H2,1-4H3,(H,25,31)(H,24,27,30)/t14-,16+,18+,20+,22+,36+/m0/s1/i4+1D3. The molecule has 1 aromatic heterocycles. The number of aliphatic hydroxyl groups excluding tert-OH is 1. The summed E-state index contributed by atoms with van der Waals surface area (Å²) >= 11 is 0. The van der Waals surface area contributed by atoms with Crippen molar-refractivity contribution in [2.75, 3.05) is 6.61 Å². The number of carbonyl (C=O) groups is 1. The van der Waals surface area contributed by atoms with Crippen LogP contribution in [0, 0.1) is 0 Å². The molecule has 3 rings (SSSR count). The van der Waals surface area contributed by atoms with Crippen molar-refractivity contribution in [3.8, 4) is 5.75 Å². The minimum Gasteiger partial charge on any atom is -0.462 e. The molecular weight excluding hydrogens is 501 g/mol. The van der Waals surface area contributed by atoms with Crippen molar-refractivity contribution in [2.24, 2.45) is 0 Å². The number of aliphatic hydroxyl groups is 1. The summed E-state index contributed by atoms with van der Waals surface area (Å²) in [6, 6.07) is 7.30. The number of nitrogens with zero attached hydrogens (tertiary/aromatic N) is 1. The summed E-state index contributed by atoms with van der Waals surface area (Å²) in [7, 11) is -4.48. The first-order valence-electron chi connectivity index (χ1n) is 12.4. The summed E-state index contributed by atoms with van der Waals surface area (Å²) in [6.07, 6.45) is -6.09. The van der Waals surface area contributed by atoms with Crippen molar-refractivity contribution < 1.29 is 41.5 Å². The van der Waals surface area contributed by atoms with Crippen molar-refractivity contribution in [1.29, 1.82) is 0 Å². The van der Waals surface area contributed by atoms with Gasteiger partial charge in [-0.3, -0.25) is 23.7 Å². The molecule has 2 aromatic rings. The van der Waals surface area contributed by atoms with E-state index in [0.717, 1.165) is 12.3 Å². The fourth-order valence-electron chi connectivity index (χ4n) is 3.27. The second kappa shape index (κ2) is 11.1. The fourth-order valence-corrected chi connectivity index (χ4v) is 4.77. The number of H-pyrrole nitrogens is 1. The molecule has 14 heteroatoms. The van der Waals surface area contributed by atoms with Crippen molar-refractivity contribution in [1.82, 2.24) is 14.6 Å². The van der Waals surface area contributed by atoms with E-state index in [1.165, 1.54) is 19.1 Å². The maximum atomic E-state index is 16.1. The first kappa shape index (κ1) is 23.6. The number of aromatic amines is 1. The van der Waals surface area contributed by atoms with Gasteiger partial charge >= 0.3 is 19.4 Å². The summed E-state index contributed by atoms with van der Waals surface area (Å²) in [5.41, 5.74) is -5.57. The number of carbonyl (C=O) groups excluding carboxylic acids is 1. The molecule has 0 aliphatic carbocycles. The number of alkyl halides is 1. The molecule has 0 bridgehead atoms. The van der Waals surface area contributed by atoms with E-state index in [4.69, 9.17) is 22.6 Å². The van der Waals surface area contributed by atoms with Crippen LogP contribution < -0.4 is 20.9 Å². The number of benzene rings is 1. The Labute approximate surface area is 210 Å². The SMILES string of the molecule is [2H][13C]([2H])([2H])[C@@]1(F)[C@H](O)[C@@H](CO[P@](=O)(N[C@@H](C)C(=O)OC(C)C)Oc2ccccc2)O[C@H]1n1ccc(=O)[nH]c1=O. The van der Waals surface area contributed by atoms with E-state index in [1.807, 2.05) is 4.98 Å². The van der Waals surface area contributed by atoms with Gasteiger partial charge in [-0.05, 0) is 39.8 Å². The van der Waals surface area contributed by atoms with Crippen molar-refractivity contribution in [3.05, 3.63) is 63.4 Å². The lowest BCUT2D eigenvalue weighted by atomic mass is 10.0. The predicted molar refractivity (Wildman–Crippen MR) is 125 cm³/mol. The zero-order valence-electron chi connectivity index (χ0n) is 22.6. The molecule has 0 radical (unpaired) electrons. The molecule has 198 valence electrons. The monoisotopic (exact) mass is 533 g/mol. The molecule has 0 saturated carbocycles. The summed E-state index contributed by atoms with van der Waals surface area (Å²) in [6.45, 7) is 0.131. The Kier molecular flexibility index (Phi) is 7.24. The number of para-hydroxylation sites is 1. The number of esters is 1. The maximum absolute atomic E-state index is 16.1. The molecule has 0 amide bonds. The van der Waals surface area contributed by atoms with Gasteiger partial charge in [0.1, 0.15) is 24.0 Å². The average molecular weight is 533 g/mol. The van der Waals surface area contributed by atoms with Gasteiger partial charge in [-0.15, -0.1) is 0 Å². The van der Waals surface area contributed by atoms with E-state index in [2.05, 4.69) is 5.09 Å². The van der Waals surface area contributed by atoms with Crippen LogP contribution in [0.3, 0.4) is 0 Å². The quantitative estimate of drug-likeness (QED) is 0.233. The number of rotatable bonds is 10. The van der Waals surface area contributed by atoms with E-state index in [0.29, 0.717) is 4.57 Å². The summed E-state index contributed by atoms with van der Waals surface area (Å²) in [5, 5.41) is 13.1. The van der Waals surface area contributed by atoms with E-state index < -0.39 is 74.7 Å². The number of ether oxygens (including phenoxy) is 2. The maximum Gasteiger partial charge on any atom is 0.459 e. The van der Waals surface area contributed by atoms with Crippen LogP contribution in [-0.4, -0.2) is 57.3 Å². The van der Waals surface area contributed by atoms with Gasteiger partial charge in [-0.1, -0.05) is 18.2 Å². The summed E-state index contributed by atoms with van der Waals surface area (Å²) in [5.74, 6) is -0.726. The van der Waals surface area contributed by atoms with Crippen molar-refractivity contribution in [3.63, 3.8) is 0 Å². The zero-order valence-corrected chi connectivity index (χ0v) is 20.5. The van der Waals surface area contributed by atoms with Gasteiger partial charge in [0, 0.05) is 16.4 Å². The molecular formula is C22H29FN3O9P. The van der Waals surface area contributed by atoms with Crippen LogP contribution in [0.5, 0.6) is 5.75 Å². The Balaban J connectivity index is 1.90. The highest BCUT2D eigenvalue weighted by atomic mass is 31.2. The van der Waals surface area contributed by atoms with E-state index >= 15 is 4.39 Å². The average Bonchev–Trinajstić information content (AvgIpc) is 3.09. The van der Waals surface area contributed by atoms with Crippen molar-refractivity contribution in [2.45, 2.75) is 63.9 Å². The molecule has 0 unspecified atom stereocenters. The van der Waals surface area contributed by atoms with Crippen LogP contribution >= 0.6 is 7.75 Å². The van der Waals surface area contributed by atoms with Crippen LogP contribution in [0.4, 0.5) is 4.39 Å². The third-order valence-corrected chi connectivity index (χ3v) is 6.63. The normalized spacial score (nSPS) is 27.9. The number of hydrogen-bond acceptors (Lipinski definition) is 9. The number of aromatic nitrogens is 2. The van der Waals surface area contributed by atoms with Crippen LogP contribution in [0.2, 0.25) is 0 Å². The zero-order chi connectivity index (χ0) is 29.2. The van der Waals surface area contributed by atoms with Gasteiger partial charge in [0.25, 0.3) is 5.56 Å². The predicted octanol–water partition coefficient (Wildman–Crippen LogP) is 1.66.